The maximum Gasteiger partial charge on any atom is 0.240 e. The van der Waals surface area contributed by atoms with Crippen molar-refractivity contribution in [1.29, 1.82) is 0 Å². The van der Waals surface area contributed by atoms with Crippen LogP contribution in [0, 0.1) is 23.2 Å². The third-order valence-corrected chi connectivity index (χ3v) is 8.95. The number of aryl methyl sites for hydroxylation is 1. The van der Waals surface area contributed by atoms with Gasteiger partial charge in [0.25, 0.3) is 0 Å². The fraction of sp³-hybridized carbons (Fsp3) is 0.688. The second-order valence-corrected chi connectivity index (χ2v) is 13.0. The molecule has 2 aromatic rings. The molecule has 6 atom stereocenters. The second kappa shape index (κ2) is 12.4. The van der Waals surface area contributed by atoms with Crippen molar-refractivity contribution in [1.82, 2.24) is 14.9 Å². The van der Waals surface area contributed by atoms with E-state index in [2.05, 4.69) is 6.92 Å². The van der Waals surface area contributed by atoms with Crippen molar-refractivity contribution in [3.8, 4) is 11.6 Å². The van der Waals surface area contributed by atoms with Gasteiger partial charge in [-0.25, -0.2) is 9.97 Å². The molecule has 1 amide bonds. The van der Waals surface area contributed by atoms with Gasteiger partial charge >= 0.3 is 0 Å². The van der Waals surface area contributed by atoms with Crippen molar-refractivity contribution in [2.75, 3.05) is 13.7 Å². The maximum absolute atomic E-state index is 13.4. The predicted octanol–water partition coefficient (Wildman–Crippen LogP) is 5.34. The number of ketones is 1. The van der Waals surface area contributed by atoms with Crippen LogP contribution < -0.4 is 15.2 Å². The lowest BCUT2D eigenvalue weighted by molar-refractivity contribution is -0.140. The molecule has 1 saturated carbocycles. The number of ether oxygens (including phenoxy) is 2. The van der Waals surface area contributed by atoms with Crippen molar-refractivity contribution in [2.45, 2.75) is 105 Å². The number of carbonyl (C=O) groups excluding carboxylic acids is 2. The third kappa shape index (κ3) is 6.76. The van der Waals surface area contributed by atoms with Crippen molar-refractivity contribution in [2.24, 2.45) is 28.9 Å². The highest BCUT2D eigenvalue weighted by Crippen LogP contribution is 2.44. The van der Waals surface area contributed by atoms with Crippen molar-refractivity contribution in [3.05, 3.63) is 23.9 Å². The molecular formula is C32H48N4O4. The number of carbonyl (C=O) groups is 2. The van der Waals surface area contributed by atoms with Gasteiger partial charge < -0.3 is 20.1 Å². The van der Waals surface area contributed by atoms with Gasteiger partial charge in [0.1, 0.15) is 17.5 Å². The number of aromatic nitrogens is 2. The summed E-state index contributed by atoms with van der Waals surface area (Å²) < 4.78 is 12.0. The number of nitrogens with two attached hydrogens (primary N) is 1. The predicted molar refractivity (Wildman–Crippen MR) is 157 cm³/mol. The molecule has 1 aliphatic carbocycles. The lowest BCUT2D eigenvalue weighted by atomic mass is 9.86. The third-order valence-electron chi connectivity index (χ3n) is 8.95. The Morgan fingerprint density at radius 3 is 2.50 bits per heavy atom. The number of rotatable bonds is 12. The Balaban J connectivity index is 1.54. The van der Waals surface area contributed by atoms with Gasteiger partial charge in [-0.2, -0.15) is 0 Å². The molecule has 8 nitrogen and oxygen atoms in total. The molecule has 2 heterocycles. The number of likely N-dealkylation sites (tertiary alicyclic amines) is 1. The second-order valence-electron chi connectivity index (χ2n) is 13.0. The van der Waals surface area contributed by atoms with Gasteiger partial charge in [-0.05, 0) is 55.6 Å². The molecule has 2 fully saturated rings. The van der Waals surface area contributed by atoms with Gasteiger partial charge in [0.15, 0.2) is 5.78 Å². The Hall–Kier alpha value is -2.74. The summed E-state index contributed by atoms with van der Waals surface area (Å²) in [6.07, 6.45) is 7.78. The van der Waals surface area contributed by atoms with Crippen LogP contribution in [0.2, 0.25) is 0 Å². The number of amides is 1. The smallest absolute Gasteiger partial charge is 0.240 e. The average molecular weight is 553 g/mol. The minimum atomic E-state index is -0.716. The van der Waals surface area contributed by atoms with Gasteiger partial charge in [-0.3, -0.25) is 9.59 Å². The zero-order valence-electron chi connectivity index (χ0n) is 25.4. The topological polar surface area (TPSA) is 108 Å². The lowest BCUT2D eigenvalue weighted by Crippen LogP contribution is -2.53. The number of nitrogens with zero attached hydrogens (tertiary/aromatic N) is 3. The van der Waals surface area contributed by atoms with Crippen LogP contribution in [0.3, 0.4) is 0 Å². The van der Waals surface area contributed by atoms with Crippen molar-refractivity contribution >= 4 is 22.7 Å². The highest BCUT2D eigenvalue weighted by Gasteiger charge is 2.47. The van der Waals surface area contributed by atoms with E-state index >= 15 is 0 Å². The van der Waals surface area contributed by atoms with E-state index in [0.717, 1.165) is 42.3 Å². The van der Waals surface area contributed by atoms with E-state index in [1.165, 1.54) is 32.6 Å². The molecule has 8 heteroatoms. The Kier molecular flexibility index (Phi) is 9.38. The monoisotopic (exact) mass is 552 g/mol. The molecule has 0 radical (unpaired) electrons. The largest absolute Gasteiger partial charge is 0.497 e. The molecule has 40 heavy (non-hydrogen) atoms. The van der Waals surface area contributed by atoms with Gasteiger partial charge in [0, 0.05) is 12.0 Å². The first-order chi connectivity index (χ1) is 18.9. The zero-order valence-corrected chi connectivity index (χ0v) is 25.4. The summed E-state index contributed by atoms with van der Waals surface area (Å²) in [6.45, 7) is 11.9. The van der Waals surface area contributed by atoms with E-state index in [4.69, 9.17) is 25.2 Å². The molecule has 1 aliphatic heterocycles. The van der Waals surface area contributed by atoms with Crippen LogP contribution in [0.15, 0.2) is 18.2 Å². The number of hydrogen-bond acceptors (Lipinski definition) is 7. The van der Waals surface area contributed by atoms with Gasteiger partial charge in [0.2, 0.25) is 11.8 Å². The number of unbranched alkanes of at least 4 members (excludes halogenated alkanes) is 2. The molecule has 1 aromatic carbocycles. The van der Waals surface area contributed by atoms with Crippen molar-refractivity contribution in [3.63, 3.8) is 0 Å². The summed E-state index contributed by atoms with van der Waals surface area (Å²) in [4.78, 5) is 37.6. The molecule has 2 N–H and O–H groups in total. The summed E-state index contributed by atoms with van der Waals surface area (Å²) >= 11 is 0. The van der Waals surface area contributed by atoms with Crippen LogP contribution in [0.5, 0.6) is 11.6 Å². The number of benzene rings is 1. The number of Topliss-reactive ketones (excluding diaryl/α,β-unsaturated/α-hetero) is 1. The van der Waals surface area contributed by atoms with Crippen LogP contribution in [-0.2, 0) is 16.0 Å². The van der Waals surface area contributed by atoms with Crippen LogP contribution in [0.25, 0.3) is 11.0 Å². The van der Waals surface area contributed by atoms with E-state index in [0.29, 0.717) is 17.1 Å². The first-order valence-corrected chi connectivity index (χ1v) is 15.0. The van der Waals surface area contributed by atoms with E-state index in [1.54, 1.807) is 12.0 Å². The number of hydrogen-bond donors (Lipinski definition) is 1. The SMILES string of the molecule is CC[C@H]1C[C@H]1CCCCCc1nc2ccc(OC)cc2nc1OC1CN(C(=O)C(N)C(C)(C)C)[C@H](C(C)=O)[C@@H]1C. The summed E-state index contributed by atoms with van der Waals surface area (Å²) in [7, 11) is 1.63. The quantitative estimate of drug-likeness (QED) is 0.354. The molecule has 220 valence electrons. The Morgan fingerprint density at radius 2 is 1.88 bits per heavy atom. The van der Waals surface area contributed by atoms with Gasteiger partial charge in [0.05, 0.1) is 36.8 Å². The minimum absolute atomic E-state index is 0.0661. The van der Waals surface area contributed by atoms with Crippen LogP contribution in [-0.4, -0.2) is 58.4 Å². The van der Waals surface area contributed by atoms with E-state index in [9.17, 15) is 9.59 Å². The van der Waals surface area contributed by atoms with Gasteiger partial charge in [-0.15, -0.1) is 0 Å². The summed E-state index contributed by atoms with van der Waals surface area (Å²) in [5.74, 6) is 2.54. The summed E-state index contributed by atoms with van der Waals surface area (Å²) in [5, 5.41) is 0. The molecule has 1 aromatic heterocycles. The maximum atomic E-state index is 13.4. The first-order valence-electron chi connectivity index (χ1n) is 15.0. The molecule has 0 spiro atoms. The zero-order chi connectivity index (χ0) is 29.2. The minimum Gasteiger partial charge on any atom is -0.497 e. The van der Waals surface area contributed by atoms with Crippen LogP contribution in [0.1, 0.15) is 85.8 Å². The van der Waals surface area contributed by atoms with Crippen LogP contribution in [0.4, 0.5) is 0 Å². The summed E-state index contributed by atoms with van der Waals surface area (Å²) in [6, 6.07) is 4.36. The molecule has 1 saturated heterocycles. The van der Waals surface area contributed by atoms with E-state index < -0.39 is 23.6 Å². The Labute approximate surface area is 239 Å². The average Bonchev–Trinajstić information content (AvgIpc) is 3.60. The molecular weight excluding hydrogens is 504 g/mol. The molecule has 2 unspecified atom stereocenters. The molecule has 2 aliphatic rings. The Morgan fingerprint density at radius 1 is 1.12 bits per heavy atom. The fourth-order valence-corrected chi connectivity index (χ4v) is 6.09. The molecule has 4 rings (SSSR count). The van der Waals surface area contributed by atoms with Crippen LogP contribution >= 0.6 is 0 Å². The number of fused-ring (bicyclic) bond motifs is 1. The standard InChI is InChI=1S/C32H48N4O4/c1-8-21-16-22(21)12-10-9-11-13-25-30(35-26-17-23(39-7)14-15-24(26)34-25)40-27-18-36(28(19(27)2)20(3)37)31(38)29(33)32(4,5)6/h14-15,17,19,21-22,27-29H,8-13,16,18,33H2,1-7H3/t19-,21+,22-,27?,28+,29?/m1/s1. The van der Waals surface area contributed by atoms with Crippen molar-refractivity contribution < 1.29 is 19.1 Å². The Bertz CT molecular complexity index is 1210. The highest BCUT2D eigenvalue weighted by atomic mass is 16.5. The first kappa shape index (κ1) is 30.2. The fourth-order valence-electron chi connectivity index (χ4n) is 6.09. The van der Waals surface area contributed by atoms with E-state index in [1.807, 2.05) is 45.9 Å². The highest BCUT2D eigenvalue weighted by molar-refractivity contribution is 5.91. The van der Waals surface area contributed by atoms with Gasteiger partial charge in [-0.1, -0.05) is 60.3 Å². The van der Waals surface area contributed by atoms with E-state index in [-0.39, 0.29) is 24.2 Å². The lowest BCUT2D eigenvalue weighted by Gasteiger charge is -2.32. The molecule has 0 bridgehead atoms. The number of methoxy groups -OCH3 is 1. The normalized spacial score (nSPS) is 25.2. The summed E-state index contributed by atoms with van der Waals surface area (Å²) in [5.41, 5.74) is 8.21.